The number of nitrogens with one attached hydrogen (secondary N) is 1. The molecule has 0 aromatic heterocycles. The molecule has 0 aliphatic heterocycles. The molecule has 0 heterocycles. The van der Waals surface area contributed by atoms with Gasteiger partial charge in [-0.05, 0) is 43.9 Å². The van der Waals surface area contributed by atoms with Gasteiger partial charge in [0.15, 0.2) is 0 Å². The minimum atomic E-state index is -4.73. The number of carbonyl (C=O) groups excluding carboxylic acids is 1. The van der Waals surface area contributed by atoms with E-state index in [1.807, 2.05) is 12.2 Å². The second kappa shape index (κ2) is 7.77. The zero-order chi connectivity index (χ0) is 17.8. The Labute approximate surface area is 132 Å². The van der Waals surface area contributed by atoms with Crippen LogP contribution in [0.3, 0.4) is 0 Å². The molecule has 0 saturated carbocycles. The molecule has 0 aliphatic rings. The van der Waals surface area contributed by atoms with E-state index in [1.165, 1.54) is 0 Å². The lowest BCUT2D eigenvalue weighted by atomic mass is 9.90. The number of alkyl halides is 4. The van der Waals surface area contributed by atoms with E-state index in [1.54, 1.807) is 26.0 Å². The second-order valence-electron chi connectivity index (χ2n) is 5.73. The van der Waals surface area contributed by atoms with E-state index in [9.17, 15) is 22.4 Å². The average molecular weight is 335 g/mol. The molecule has 2 unspecified atom stereocenters. The van der Waals surface area contributed by atoms with Crippen LogP contribution in [-0.4, -0.2) is 36.5 Å². The maximum atomic E-state index is 13.2. The number of amides is 1. The summed E-state index contributed by atoms with van der Waals surface area (Å²) in [5.41, 5.74) is 2.78. The molecule has 0 aliphatic carbocycles. The number of carbonyl (C=O) groups is 1. The van der Waals surface area contributed by atoms with E-state index in [0.29, 0.717) is 16.7 Å². The number of aryl methyl sites for hydroxylation is 3. The molecule has 0 spiro atoms. The summed E-state index contributed by atoms with van der Waals surface area (Å²) in [6.45, 7) is 3.57. The summed E-state index contributed by atoms with van der Waals surface area (Å²) in [6, 6.07) is 3.53. The fourth-order valence-electron chi connectivity index (χ4n) is 2.49. The third-order valence-electron chi connectivity index (χ3n) is 3.65. The summed E-state index contributed by atoms with van der Waals surface area (Å²) >= 11 is 0. The Bertz CT molecular complexity index is 534. The van der Waals surface area contributed by atoms with Gasteiger partial charge in [-0.1, -0.05) is 17.7 Å². The van der Waals surface area contributed by atoms with Crippen molar-refractivity contribution in [1.82, 2.24) is 5.32 Å². The average Bonchev–Trinajstić information content (AvgIpc) is 2.41. The first kappa shape index (κ1) is 19.4. The van der Waals surface area contributed by atoms with E-state index < -0.39 is 43.7 Å². The van der Waals surface area contributed by atoms with Gasteiger partial charge in [0.05, 0.1) is 6.10 Å². The number of hydrogen-bond acceptors (Lipinski definition) is 2. The Kier molecular flexibility index (Phi) is 6.56. The zero-order valence-corrected chi connectivity index (χ0v) is 13.3. The van der Waals surface area contributed by atoms with Gasteiger partial charge in [-0.3, -0.25) is 4.79 Å². The summed E-state index contributed by atoms with van der Waals surface area (Å²) < 4.78 is 51.8. The SMILES string of the molecule is Cc1cc(C)c(CC(C(=O)NCC(O)CF)C(F)(F)F)c(C)c1. The molecule has 1 amide bonds. The van der Waals surface area contributed by atoms with Crippen LogP contribution < -0.4 is 5.32 Å². The predicted molar refractivity (Wildman–Crippen MR) is 78.9 cm³/mol. The van der Waals surface area contributed by atoms with Crippen molar-refractivity contribution in [3.63, 3.8) is 0 Å². The van der Waals surface area contributed by atoms with Crippen LogP contribution in [0.5, 0.6) is 0 Å². The Morgan fingerprint density at radius 2 is 1.74 bits per heavy atom. The molecule has 1 rings (SSSR count). The maximum Gasteiger partial charge on any atom is 0.400 e. The molecular formula is C16H21F4NO2. The fourth-order valence-corrected chi connectivity index (χ4v) is 2.49. The Balaban J connectivity index is 2.99. The lowest BCUT2D eigenvalue weighted by Gasteiger charge is -2.22. The molecule has 1 aromatic rings. The van der Waals surface area contributed by atoms with Crippen molar-refractivity contribution in [3.8, 4) is 0 Å². The highest BCUT2D eigenvalue weighted by Gasteiger charge is 2.45. The van der Waals surface area contributed by atoms with Gasteiger partial charge in [-0.2, -0.15) is 13.2 Å². The first-order valence-electron chi connectivity index (χ1n) is 7.21. The van der Waals surface area contributed by atoms with Gasteiger partial charge in [0.2, 0.25) is 5.91 Å². The number of halogens is 4. The largest absolute Gasteiger partial charge is 0.400 e. The van der Waals surface area contributed by atoms with E-state index in [4.69, 9.17) is 5.11 Å². The highest BCUT2D eigenvalue weighted by Crippen LogP contribution is 2.31. The van der Waals surface area contributed by atoms with Crippen LogP contribution in [0.25, 0.3) is 0 Å². The van der Waals surface area contributed by atoms with E-state index in [2.05, 4.69) is 0 Å². The van der Waals surface area contributed by atoms with Crippen LogP contribution in [-0.2, 0) is 11.2 Å². The smallest absolute Gasteiger partial charge is 0.389 e. The molecular weight excluding hydrogens is 314 g/mol. The van der Waals surface area contributed by atoms with Crippen molar-refractivity contribution in [3.05, 3.63) is 34.4 Å². The Hall–Kier alpha value is -1.63. The van der Waals surface area contributed by atoms with Crippen molar-refractivity contribution in [1.29, 1.82) is 0 Å². The lowest BCUT2D eigenvalue weighted by molar-refractivity contribution is -0.182. The molecule has 1 aromatic carbocycles. The summed E-state index contributed by atoms with van der Waals surface area (Å²) in [5.74, 6) is -3.50. The highest BCUT2D eigenvalue weighted by molar-refractivity contribution is 5.80. The van der Waals surface area contributed by atoms with Crippen LogP contribution in [0.1, 0.15) is 22.3 Å². The van der Waals surface area contributed by atoms with Crippen LogP contribution in [0.15, 0.2) is 12.1 Å². The zero-order valence-electron chi connectivity index (χ0n) is 13.3. The molecule has 3 nitrogen and oxygen atoms in total. The first-order valence-corrected chi connectivity index (χ1v) is 7.21. The molecule has 0 saturated heterocycles. The Morgan fingerprint density at radius 1 is 1.22 bits per heavy atom. The highest BCUT2D eigenvalue weighted by atomic mass is 19.4. The normalized spacial score (nSPS) is 14.4. The van der Waals surface area contributed by atoms with E-state index >= 15 is 0 Å². The second-order valence-corrected chi connectivity index (χ2v) is 5.73. The summed E-state index contributed by atoms with van der Waals surface area (Å²) in [7, 11) is 0. The minimum Gasteiger partial charge on any atom is -0.389 e. The van der Waals surface area contributed by atoms with Crippen LogP contribution >= 0.6 is 0 Å². The summed E-state index contributed by atoms with van der Waals surface area (Å²) in [5, 5.41) is 11.0. The monoisotopic (exact) mass is 335 g/mol. The van der Waals surface area contributed by atoms with Crippen LogP contribution in [0.4, 0.5) is 17.6 Å². The number of aliphatic hydroxyl groups is 1. The molecule has 7 heteroatoms. The molecule has 23 heavy (non-hydrogen) atoms. The topological polar surface area (TPSA) is 49.3 Å². The van der Waals surface area contributed by atoms with Crippen LogP contribution in [0.2, 0.25) is 0 Å². The van der Waals surface area contributed by atoms with Crippen molar-refractivity contribution in [2.75, 3.05) is 13.2 Å². The number of hydrogen-bond donors (Lipinski definition) is 2. The Morgan fingerprint density at radius 3 is 2.17 bits per heavy atom. The number of rotatable bonds is 6. The molecule has 0 radical (unpaired) electrons. The standard InChI is InChI=1S/C16H21F4NO2/c1-9-4-10(2)13(11(3)5-9)6-14(16(18,19)20)15(23)21-8-12(22)7-17/h4-5,12,14,22H,6-8H2,1-3H3,(H,21,23). The van der Waals surface area contributed by atoms with Gasteiger partial charge in [0.1, 0.15) is 12.6 Å². The third-order valence-corrected chi connectivity index (χ3v) is 3.65. The number of aliphatic hydroxyl groups excluding tert-OH is 1. The summed E-state index contributed by atoms with van der Waals surface area (Å²) in [6.07, 6.45) is -6.72. The van der Waals surface area contributed by atoms with Gasteiger partial charge in [0.25, 0.3) is 0 Å². The fraction of sp³-hybridized carbons (Fsp3) is 0.562. The van der Waals surface area contributed by atoms with Gasteiger partial charge in [-0.15, -0.1) is 0 Å². The van der Waals surface area contributed by atoms with Crippen molar-refractivity contribution < 1.29 is 27.5 Å². The molecule has 2 N–H and O–H groups in total. The van der Waals surface area contributed by atoms with Crippen molar-refractivity contribution in [2.24, 2.45) is 5.92 Å². The van der Waals surface area contributed by atoms with E-state index in [-0.39, 0.29) is 0 Å². The van der Waals surface area contributed by atoms with Crippen molar-refractivity contribution >= 4 is 5.91 Å². The maximum absolute atomic E-state index is 13.2. The predicted octanol–water partition coefficient (Wildman–Crippen LogP) is 2.78. The van der Waals surface area contributed by atoms with Gasteiger partial charge in [-0.25, -0.2) is 4.39 Å². The van der Waals surface area contributed by atoms with Gasteiger partial charge in [0, 0.05) is 6.54 Å². The molecule has 2 atom stereocenters. The van der Waals surface area contributed by atoms with E-state index in [0.717, 1.165) is 5.56 Å². The third kappa shape index (κ3) is 5.49. The van der Waals surface area contributed by atoms with Crippen molar-refractivity contribution in [2.45, 2.75) is 39.5 Å². The quantitative estimate of drug-likeness (QED) is 0.786. The lowest BCUT2D eigenvalue weighted by Crippen LogP contribution is -2.43. The van der Waals surface area contributed by atoms with Crippen LogP contribution in [0, 0.1) is 26.7 Å². The van der Waals surface area contributed by atoms with Gasteiger partial charge >= 0.3 is 6.18 Å². The summed E-state index contributed by atoms with van der Waals surface area (Å²) in [4.78, 5) is 11.8. The first-order chi connectivity index (χ1) is 10.6. The molecule has 0 fully saturated rings. The molecule has 0 bridgehead atoms. The number of benzene rings is 1. The minimum absolute atomic E-state index is 0.471. The molecule has 130 valence electrons. The van der Waals surface area contributed by atoms with Gasteiger partial charge < -0.3 is 10.4 Å².